The highest BCUT2D eigenvalue weighted by atomic mass is 16.3. The first-order valence-corrected chi connectivity index (χ1v) is 8.05. The highest BCUT2D eigenvalue weighted by Crippen LogP contribution is 2.24. The Morgan fingerprint density at radius 3 is 2.13 bits per heavy atom. The van der Waals surface area contributed by atoms with Gasteiger partial charge >= 0.3 is 0 Å². The molecule has 23 heavy (non-hydrogen) atoms. The number of fused-ring (bicyclic) bond motifs is 2. The summed E-state index contributed by atoms with van der Waals surface area (Å²) >= 11 is 0. The highest BCUT2D eigenvalue weighted by Gasteiger charge is 2.29. The van der Waals surface area contributed by atoms with Crippen molar-refractivity contribution in [1.82, 2.24) is 9.80 Å². The average Bonchev–Trinajstić information content (AvgIpc) is 3.09. The molecule has 2 heterocycles. The molecule has 0 fully saturated rings. The second kappa shape index (κ2) is 5.80. The Labute approximate surface area is 136 Å². The largest absolute Gasteiger partial charge is 0.390 e. The fourth-order valence-electron chi connectivity index (χ4n) is 3.61. The maximum Gasteiger partial charge on any atom is 0.254 e. The summed E-state index contributed by atoms with van der Waals surface area (Å²) in [5.41, 5.74) is 4.50. The summed E-state index contributed by atoms with van der Waals surface area (Å²) < 4.78 is 0. The number of aliphatic hydroxyl groups excluding tert-OH is 1. The van der Waals surface area contributed by atoms with Gasteiger partial charge in [0.15, 0.2) is 0 Å². The third kappa shape index (κ3) is 2.76. The van der Waals surface area contributed by atoms with Gasteiger partial charge in [-0.2, -0.15) is 0 Å². The van der Waals surface area contributed by atoms with Crippen molar-refractivity contribution >= 4 is 5.91 Å². The zero-order valence-corrected chi connectivity index (χ0v) is 13.0. The predicted octanol–water partition coefficient (Wildman–Crippen LogP) is 2.02. The van der Waals surface area contributed by atoms with E-state index in [2.05, 4.69) is 29.2 Å². The number of hydrogen-bond donors (Lipinski definition) is 1. The molecule has 4 heteroatoms. The molecule has 1 N–H and O–H groups in total. The highest BCUT2D eigenvalue weighted by molar-refractivity contribution is 5.98. The van der Waals surface area contributed by atoms with Crippen molar-refractivity contribution in [2.45, 2.75) is 25.7 Å². The lowest BCUT2D eigenvalue weighted by Gasteiger charge is -2.24. The van der Waals surface area contributed by atoms with Crippen LogP contribution in [0, 0.1) is 0 Å². The van der Waals surface area contributed by atoms with Crippen molar-refractivity contribution in [2.24, 2.45) is 0 Å². The molecule has 4 rings (SSSR count). The van der Waals surface area contributed by atoms with E-state index in [-0.39, 0.29) is 5.91 Å². The van der Waals surface area contributed by atoms with E-state index in [4.69, 9.17) is 0 Å². The van der Waals surface area contributed by atoms with Crippen molar-refractivity contribution in [3.8, 4) is 0 Å². The molecule has 0 aromatic heterocycles. The minimum absolute atomic E-state index is 0.0318. The number of benzene rings is 2. The van der Waals surface area contributed by atoms with Gasteiger partial charge in [-0.3, -0.25) is 9.69 Å². The topological polar surface area (TPSA) is 43.8 Å². The van der Waals surface area contributed by atoms with Crippen LogP contribution in [0.2, 0.25) is 0 Å². The molecule has 0 aliphatic carbocycles. The number of amides is 1. The maximum absolute atomic E-state index is 12.3. The monoisotopic (exact) mass is 308 g/mol. The first-order chi connectivity index (χ1) is 11.2. The number of β-amino-alcohol motifs (C(OH)–C–C–N with tert-alkyl or cyclic N) is 1. The second-order valence-corrected chi connectivity index (χ2v) is 6.43. The molecule has 118 valence electrons. The van der Waals surface area contributed by atoms with Gasteiger partial charge < -0.3 is 10.0 Å². The average molecular weight is 308 g/mol. The summed E-state index contributed by atoms with van der Waals surface area (Å²) in [6.45, 7) is 3.34. The maximum atomic E-state index is 12.3. The van der Waals surface area contributed by atoms with Crippen LogP contribution in [0.25, 0.3) is 0 Å². The van der Waals surface area contributed by atoms with Crippen LogP contribution in [0.4, 0.5) is 0 Å². The van der Waals surface area contributed by atoms with Crippen molar-refractivity contribution in [2.75, 3.05) is 13.1 Å². The Bertz CT molecular complexity index is 719. The zero-order valence-electron chi connectivity index (χ0n) is 13.0. The van der Waals surface area contributed by atoms with E-state index in [9.17, 15) is 9.90 Å². The Kier molecular flexibility index (Phi) is 3.63. The van der Waals surface area contributed by atoms with E-state index in [0.29, 0.717) is 19.6 Å². The SMILES string of the molecule is O=C1c2ccccc2CN1CC(O)CN1Cc2ccccc2C1. The summed E-state index contributed by atoms with van der Waals surface area (Å²) in [6, 6.07) is 16.1. The molecule has 1 atom stereocenters. The summed E-state index contributed by atoms with van der Waals surface area (Å²) in [5.74, 6) is 0.0318. The molecule has 2 aromatic rings. The van der Waals surface area contributed by atoms with Gasteiger partial charge in [-0.1, -0.05) is 42.5 Å². The summed E-state index contributed by atoms with van der Waals surface area (Å²) in [4.78, 5) is 16.3. The lowest BCUT2D eigenvalue weighted by Crippen LogP contribution is -2.38. The molecule has 0 bridgehead atoms. The molecule has 0 saturated carbocycles. The van der Waals surface area contributed by atoms with Crippen LogP contribution < -0.4 is 0 Å². The molecule has 4 nitrogen and oxygen atoms in total. The van der Waals surface area contributed by atoms with Crippen molar-refractivity contribution in [1.29, 1.82) is 0 Å². The molecular weight excluding hydrogens is 288 g/mol. The third-order valence-electron chi connectivity index (χ3n) is 4.70. The van der Waals surface area contributed by atoms with E-state index in [1.165, 1.54) is 11.1 Å². The van der Waals surface area contributed by atoms with Crippen LogP contribution in [0.3, 0.4) is 0 Å². The Morgan fingerprint density at radius 1 is 0.870 bits per heavy atom. The van der Waals surface area contributed by atoms with Crippen LogP contribution in [0.1, 0.15) is 27.0 Å². The fourth-order valence-corrected chi connectivity index (χ4v) is 3.61. The van der Waals surface area contributed by atoms with E-state index in [1.54, 1.807) is 4.90 Å². The van der Waals surface area contributed by atoms with Crippen molar-refractivity contribution < 1.29 is 9.90 Å². The first-order valence-electron chi connectivity index (χ1n) is 8.05. The number of carbonyl (C=O) groups is 1. The summed E-state index contributed by atoms with van der Waals surface area (Å²) in [5, 5.41) is 10.4. The van der Waals surface area contributed by atoms with Gasteiger partial charge in [0, 0.05) is 38.3 Å². The molecule has 2 aliphatic rings. The van der Waals surface area contributed by atoms with Gasteiger partial charge in [-0.15, -0.1) is 0 Å². The normalized spacial score (nSPS) is 18.1. The van der Waals surface area contributed by atoms with Crippen molar-refractivity contribution in [3.63, 3.8) is 0 Å². The molecule has 0 saturated heterocycles. The van der Waals surface area contributed by atoms with Gasteiger partial charge in [0.2, 0.25) is 0 Å². The smallest absolute Gasteiger partial charge is 0.254 e. The Morgan fingerprint density at radius 2 is 1.48 bits per heavy atom. The number of nitrogens with zero attached hydrogens (tertiary/aromatic N) is 2. The number of carbonyl (C=O) groups excluding carboxylic acids is 1. The third-order valence-corrected chi connectivity index (χ3v) is 4.70. The van der Waals surface area contributed by atoms with Gasteiger partial charge in [0.05, 0.1) is 6.10 Å². The van der Waals surface area contributed by atoms with Crippen LogP contribution in [0.15, 0.2) is 48.5 Å². The lowest BCUT2D eigenvalue weighted by atomic mass is 10.1. The van der Waals surface area contributed by atoms with Crippen molar-refractivity contribution in [3.05, 3.63) is 70.8 Å². The quantitative estimate of drug-likeness (QED) is 0.940. The van der Waals surface area contributed by atoms with Gasteiger partial charge in [0.1, 0.15) is 0 Å². The van der Waals surface area contributed by atoms with Gasteiger partial charge in [-0.25, -0.2) is 0 Å². The first kappa shape index (κ1) is 14.4. The van der Waals surface area contributed by atoms with Crippen LogP contribution in [0.5, 0.6) is 0 Å². The predicted molar refractivity (Wildman–Crippen MR) is 87.7 cm³/mol. The van der Waals surface area contributed by atoms with Crippen LogP contribution in [-0.2, 0) is 19.6 Å². The standard InChI is InChI=1S/C19H20N2O2/c22-17(12-20-9-14-5-1-2-6-15(14)10-20)13-21-11-16-7-3-4-8-18(16)19(21)23/h1-8,17,22H,9-13H2. The number of hydrogen-bond acceptors (Lipinski definition) is 3. The lowest BCUT2D eigenvalue weighted by molar-refractivity contribution is 0.0540. The molecule has 1 unspecified atom stereocenters. The number of aliphatic hydroxyl groups is 1. The molecule has 0 radical (unpaired) electrons. The van der Waals surface area contributed by atoms with E-state index in [0.717, 1.165) is 24.2 Å². The van der Waals surface area contributed by atoms with Gasteiger partial charge in [0.25, 0.3) is 5.91 Å². The van der Waals surface area contributed by atoms with E-state index >= 15 is 0 Å². The molecule has 0 spiro atoms. The Hall–Kier alpha value is -2.17. The summed E-state index contributed by atoms with van der Waals surface area (Å²) in [7, 11) is 0. The second-order valence-electron chi connectivity index (χ2n) is 6.43. The Balaban J connectivity index is 1.35. The van der Waals surface area contributed by atoms with Crippen LogP contribution >= 0.6 is 0 Å². The number of rotatable bonds is 4. The van der Waals surface area contributed by atoms with E-state index in [1.807, 2.05) is 24.3 Å². The zero-order chi connectivity index (χ0) is 15.8. The molecule has 2 aromatic carbocycles. The molecule has 2 aliphatic heterocycles. The molecular formula is C19H20N2O2. The van der Waals surface area contributed by atoms with E-state index < -0.39 is 6.10 Å². The minimum Gasteiger partial charge on any atom is -0.390 e. The van der Waals surface area contributed by atoms with Gasteiger partial charge in [-0.05, 0) is 22.8 Å². The summed E-state index contributed by atoms with van der Waals surface area (Å²) in [6.07, 6.45) is -0.525. The molecule has 1 amide bonds. The fraction of sp³-hybridized carbons (Fsp3) is 0.316. The van der Waals surface area contributed by atoms with Crippen LogP contribution in [-0.4, -0.2) is 40.0 Å². The minimum atomic E-state index is -0.525.